The zero-order valence-corrected chi connectivity index (χ0v) is 14.5. The summed E-state index contributed by atoms with van der Waals surface area (Å²) >= 11 is 1.63. The van der Waals surface area contributed by atoms with E-state index in [1.54, 1.807) is 11.3 Å². The number of amides is 1. The molecular weight excluding hydrogens is 324 g/mol. The lowest BCUT2D eigenvalue weighted by atomic mass is 10.1. The molecule has 2 aliphatic heterocycles. The Bertz CT molecular complexity index is 676. The van der Waals surface area contributed by atoms with Crippen LogP contribution in [0.2, 0.25) is 0 Å². The van der Waals surface area contributed by atoms with Gasteiger partial charge in [-0.3, -0.25) is 4.79 Å². The molecule has 0 aliphatic carbocycles. The predicted octanol–water partition coefficient (Wildman–Crippen LogP) is 4.03. The fourth-order valence-corrected chi connectivity index (χ4v) is 4.29. The van der Waals surface area contributed by atoms with Gasteiger partial charge in [0.15, 0.2) is 5.76 Å². The molecule has 0 radical (unpaired) electrons. The minimum atomic E-state index is -0.269. The Morgan fingerprint density at radius 2 is 2.21 bits per heavy atom. The highest BCUT2D eigenvalue weighted by molar-refractivity contribution is 7.13. The van der Waals surface area contributed by atoms with Crippen LogP contribution in [0, 0.1) is 0 Å². The van der Waals surface area contributed by atoms with Crippen LogP contribution < -0.4 is 0 Å². The molecule has 24 heavy (non-hydrogen) atoms. The molecule has 0 aromatic carbocycles. The number of hydrogen-bond donors (Lipinski definition) is 0. The number of carbonyl (C=O) groups excluding carboxylic acids is 1. The van der Waals surface area contributed by atoms with E-state index < -0.39 is 0 Å². The molecule has 2 aromatic heterocycles. The van der Waals surface area contributed by atoms with Gasteiger partial charge in [-0.2, -0.15) is 0 Å². The number of thiophene rings is 1. The van der Waals surface area contributed by atoms with Crippen LogP contribution >= 0.6 is 11.3 Å². The van der Waals surface area contributed by atoms with Crippen LogP contribution in [0.5, 0.6) is 0 Å². The van der Waals surface area contributed by atoms with Crippen molar-refractivity contribution in [2.24, 2.45) is 0 Å². The molecule has 128 valence electrons. The van der Waals surface area contributed by atoms with Crippen molar-refractivity contribution in [1.82, 2.24) is 10.1 Å². The maximum Gasteiger partial charge on any atom is 0.252 e. The lowest BCUT2D eigenvalue weighted by molar-refractivity contribution is -0.143. The van der Waals surface area contributed by atoms with Crippen molar-refractivity contribution in [3.8, 4) is 10.6 Å². The smallest absolute Gasteiger partial charge is 0.252 e. The van der Waals surface area contributed by atoms with Gasteiger partial charge in [0.05, 0.1) is 10.9 Å². The Balaban J connectivity index is 1.59. The van der Waals surface area contributed by atoms with Gasteiger partial charge in [0.2, 0.25) is 0 Å². The monoisotopic (exact) mass is 346 g/mol. The molecule has 0 spiro atoms. The number of rotatable bonds is 3. The van der Waals surface area contributed by atoms with Crippen molar-refractivity contribution in [3.05, 3.63) is 29.3 Å². The molecule has 4 rings (SSSR count). The number of ether oxygens (including phenoxy) is 1. The summed E-state index contributed by atoms with van der Waals surface area (Å²) in [4.78, 5) is 16.0. The third-order valence-corrected chi connectivity index (χ3v) is 5.76. The zero-order chi connectivity index (χ0) is 16.4. The van der Waals surface area contributed by atoms with Crippen molar-refractivity contribution in [2.45, 2.75) is 50.7 Å². The third kappa shape index (κ3) is 3.13. The van der Waals surface area contributed by atoms with Crippen molar-refractivity contribution >= 4 is 17.2 Å². The first kappa shape index (κ1) is 15.8. The number of aromatic nitrogens is 1. The van der Waals surface area contributed by atoms with E-state index in [1.165, 1.54) is 0 Å². The summed E-state index contributed by atoms with van der Waals surface area (Å²) in [6, 6.07) is 6.03. The fourth-order valence-electron chi connectivity index (χ4n) is 3.62. The summed E-state index contributed by atoms with van der Waals surface area (Å²) < 4.78 is 11.2. The SMILES string of the molecule is O=C([C@H]1CCCO1)N1CCCCC[C@H]1c1cc(-c2cccs2)on1. The Hall–Kier alpha value is -1.66. The summed E-state index contributed by atoms with van der Waals surface area (Å²) in [6.07, 6.45) is 5.79. The molecule has 5 nitrogen and oxygen atoms in total. The lowest BCUT2D eigenvalue weighted by Gasteiger charge is -2.30. The Kier molecular flexibility index (Phi) is 4.67. The standard InChI is InChI=1S/C18H22N2O3S/c21-18(15-7-4-10-22-15)20-9-3-1-2-6-14(20)13-12-16(23-19-13)17-8-5-11-24-17/h5,8,11-12,14-15H,1-4,6-7,9-10H2/t14-,15+/m0/s1. The van der Waals surface area contributed by atoms with Gasteiger partial charge in [0.1, 0.15) is 11.8 Å². The third-order valence-electron chi connectivity index (χ3n) is 4.87. The van der Waals surface area contributed by atoms with Crippen molar-refractivity contribution in [2.75, 3.05) is 13.2 Å². The van der Waals surface area contributed by atoms with E-state index in [-0.39, 0.29) is 18.1 Å². The second kappa shape index (κ2) is 7.07. The summed E-state index contributed by atoms with van der Waals surface area (Å²) in [5, 5.41) is 6.32. The van der Waals surface area contributed by atoms with Crippen LogP contribution in [0.25, 0.3) is 10.6 Å². The molecule has 0 bridgehead atoms. The van der Waals surface area contributed by atoms with Gasteiger partial charge in [-0.1, -0.05) is 24.1 Å². The van der Waals surface area contributed by atoms with Gasteiger partial charge in [0.25, 0.3) is 5.91 Å². The van der Waals surface area contributed by atoms with Crippen LogP contribution in [-0.4, -0.2) is 35.2 Å². The van der Waals surface area contributed by atoms with Gasteiger partial charge in [-0.05, 0) is 37.1 Å². The van der Waals surface area contributed by atoms with Crippen LogP contribution in [0.3, 0.4) is 0 Å². The Morgan fingerprint density at radius 3 is 3.00 bits per heavy atom. The number of hydrogen-bond acceptors (Lipinski definition) is 5. The van der Waals surface area contributed by atoms with Crippen molar-refractivity contribution < 1.29 is 14.1 Å². The maximum absolute atomic E-state index is 12.9. The first-order chi connectivity index (χ1) is 11.8. The van der Waals surface area contributed by atoms with E-state index in [0.29, 0.717) is 6.61 Å². The van der Waals surface area contributed by atoms with E-state index in [2.05, 4.69) is 5.16 Å². The van der Waals surface area contributed by atoms with E-state index >= 15 is 0 Å². The van der Waals surface area contributed by atoms with Crippen LogP contribution in [0.15, 0.2) is 28.1 Å². The predicted molar refractivity (Wildman–Crippen MR) is 91.7 cm³/mol. The summed E-state index contributed by atoms with van der Waals surface area (Å²) in [5.74, 6) is 0.911. The molecule has 2 aliphatic rings. The van der Waals surface area contributed by atoms with Crippen molar-refractivity contribution in [3.63, 3.8) is 0 Å². The second-order valence-corrected chi connectivity index (χ2v) is 7.44. The minimum Gasteiger partial charge on any atom is -0.368 e. The van der Waals surface area contributed by atoms with E-state index in [4.69, 9.17) is 9.26 Å². The first-order valence-electron chi connectivity index (χ1n) is 8.75. The molecule has 0 unspecified atom stereocenters. The molecule has 4 heterocycles. The van der Waals surface area contributed by atoms with E-state index in [1.807, 2.05) is 28.5 Å². The molecule has 2 saturated heterocycles. The highest BCUT2D eigenvalue weighted by Crippen LogP contribution is 2.34. The summed E-state index contributed by atoms with van der Waals surface area (Å²) in [5.41, 5.74) is 0.867. The average molecular weight is 346 g/mol. The van der Waals surface area contributed by atoms with E-state index in [0.717, 1.165) is 61.4 Å². The first-order valence-corrected chi connectivity index (χ1v) is 9.63. The van der Waals surface area contributed by atoms with Crippen LogP contribution in [-0.2, 0) is 9.53 Å². The fraction of sp³-hybridized carbons (Fsp3) is 0.556. The van der Waals surface area contributed by atoms with Gasteiger partial charge in [-0.25, -0.2) is 0 Å². The molecule has 2 atom stereocenters. The van der Waals surface area contributed by atoms with Crippen LogP contribution in [0.4, 0.5) is 0 Å². The largest absolute Gasteiger partial charge is 0.368 e. The van der Waals surface area contributed by atoms with Crippen LogP contribution in [0.1, 0.15) is 50.3 Å². The zero-order valence-electron chi connectivity index (χ0n) is 13.6. The molecule has 0 saturated carbocycles. The van der Waals surface area contributed by atoms with E-state index in [9.17, 15) is 4.79 Å². The molecule has 1 amide bonds. The normalized spacial score (nSPS) is 24.9. The lowest BCUT2D eigenvalue weighted by Crippen LogP contribution is -2.41. The second-order valence-electron chi connectivity index (χ2n) is 6.49. The number of likely N-dealkylation sites (tertiary alicyclic amines) is 1. The van der Waals surface area contributed by atoms with Gasteiger partial charge in [0, 0.05) is 19.2 Å². The van der Waals surface area contributed by atoms with Crippen molar-refractivity contribution in [1.29, 1.82) is 0 Å². The molecule has 6 heteroatoms. The quantitative estimate of drug-likeness (QED) is 0.842. The minimum absolute atomic E-state index is 0.00154. The van der Waals surface area contributed by atoms with Gasteiger partial charge >= 0.3 is 0 Å². The number of nitrogens with zero attached hydrogens (tertiary/aromatic N) is 2. The Labute approximate surface area is 145 Å². The molecular formula is C18H22N2O3S. The highest BCUT2D eigenvalue weighted by atomic mass is 32.1. The number of carbonyl (C=O) groups is 1. The molecule has 0 N–H and O–H groups in total. The maximum atomic E-state index is 12.9. The topological polar surface area (TPSA) is 55.6 Å². The summed E-state index contributed by atoms with van der Waals surface area (Å²) in [7, 11) is 0. The van der Waals surface area contributed by atoms with Gasteiger partial charge < -0.3 is 14.2 Å². The Morgan fingerprint density at radius 1 is 1.25 bits per heavy atom. The van der Waals surface area contributed by atoms with Gasteiger partial charge in [-0.15, -0.1) is 11.3 Å². The highest BCUT2D eigenvalue weighted by Gasteiger charge is 2.35. The summed E-state index contributed by atoms with van der Waals surface area (Å²) in [6.45, 7) is 1.48. The molecule has 2 fully saturated rings. The molecule has 2 aromatic rings. The average Bonchev–Trinajstić information content (AvgIpc) is 3.33.